The zero-order valence-corrected chi connectivity index (χ0v) is 10.4. The van der Waals surface area contributed by atoms with Crippen molar-refractivity contribution in [2.45, 2.75) is 6.92 Å². The molecule has 0 saturated heterocycles. The second kappa shape index (κ2) is 4.88. The Kier molecular flexibility index (Phi) is 3.40. The van der Waals surface area contributed by atoms with Crippen LogP contribution in [0.15, 0.2) is 24.3 Å². The van der Waals surface area contributed by atoms with Crippen LogP contribution >= 0.6 is 0 Å². The first-order valence-electron chi connectivity index (χ1n) is 5.59. The number of aromatic hydroxyl groups is 1. The van der Waals surface area contributed by atoms with Gasteiger partial charge in [0.25, 0.3) is 5.91 Å². The van der Waals surface area contributed by atoms with E-state index in [0.717, 1.165) is 18.2 Å². The van der Waals surface area contributed by atoms with Gasteiger partial charge in [0.05, 0.1) is 5.56 Å². The quantitative estimate of drug-likeness (QED) is 0.889. The lowest BCUT2D eigenvalue weighted by atomic mass is 9.98. The van der Waals surface area contributed by atoms with Gasteiger partial charge in [0.1, 0.15) is 5.82 Å². The number of hydrogen-bond acceptors (Lipinski definition) is 2. The van der Waals surface area contributed by atoms with Crippen molar-refractivity contribution in [3.63, 3.8) is 0 Å². The summed E-state index contributed by atoms with van der Waals surface area (Å²) in [6.45, 7) is 1.46. The highest BCUT2D eigenvalue weighted by Crippen LogP contribution is 2.30. The van der Waals surface area contributed by atoms with Gasteiger partial charge in [-0.05, 0) is 41.8 Å². The summed E-state index contributed by atoms with van der Waals surface area (Å²) in [5, 5.41) is 9.02. The fourth-order valence-electron chi connectivity index (χ4n) is 1.96. The van der Waals surface area contributed by atoms with Gasteiger partial charge in [-0.15, -0.1) is 0 Å². The number of phenolic OH excluding ortho intramolecular Hbond substituents is 1. The number of hydrogen-bond donors (Lipinski definition) is 2. The van der Waals surface area contributed by atoms with E-state index in [2.05, 4.69) is 0 Å². The van der Waals surface area contributed by atoms with E-state index >= 15 is 0 Å². The molecule has 0 bridgehead atoms. The molecule has 0 atom stereocenters. The summed E-state index contributed by atoms with van der Waals surface area (Å²) < 4.78 is 40.3. The molecule has 20 heavy (non-hydrogen) atoms. The summed E-state index contributed by atoms with van der Waals surface area (Å²) in [6.07, 6.45) is 0. The van der Waals surface area contributed by atoms with Gasteiger partial charge < -0.3 is 10.8 Å². The van der Waals surface area contributed by atoms with Gasteiger partial charge in [0, 0.05) is 0 Å². The molecular formula is C14H10F3NO2. The second-order valence-electron chi connectivity index (χ2n) is 4.30. The van der Waals surface area contributed by atoms with Crippen LogP contribution in [0.5, 0.6) is 5.75 Å². The maximum atomic E-state index is 13.8. The molecule has 3 N–H and O–H groups in total. The number of halogens is 3. The number of carbonyl (C=O) groups excluding carboxylic acids is 1. The highest BCUT2D eigenvalue weighted by atomic mass is 19.1. The van der Waals surface area contributed by atoms with Crippen molar-refractivity contribution in [2.24, 2.45) is 5.73 Å². The molecule has 3 nitrogen and oxygen atoms in total. The van der Waals surface area contributed by atoms with Crippen molar-refractivity contribution in [3.8, 4) is 16.9 Å². The van der Waals surface area contributed by atoms with Crippen molar-refractivity contribution in [3.05, 3.63) is 52.8 Å². The molecule has 1 amide bonds. The summed E-state index contributed by atoms with van der Waals surface area (Å²) in [4.78, 5) is 11.1. The third-order valence-corrected chi connectivity index (χ3v) is 2.88. The Hall–Kier alpha value is -2.50. The van der Waals surface area contributed by atoms with E-state index in [9.17, 15) is 18.0 Å². The minimum atomic E-state index is -1.16. The number of benzene rings is 2. The number of amides is 1. The van der Waals surface area contributed by atoms with Crippen LogP contribution in [0.4, 0.5) is 13.2 Å². The van der Waals surface area contributed by atoms with Gasteiger partial charge >= 0.3 is 0 Å². The van der Waals surface area contributed by atoms with E-state index in [1.54, 1.807) is 0 Å². The third kappa shape index (κ3) is 2.32. The highest BCUT2D eigenvalue weighted by molar-refractivity contribution is 5.95. The Labute approximate surface area is 112 Å². The molecule has 104 valence electrons. The van der Waals surface area contributed by atoms with E-state index in [1.165, 1.54) is 13.0 Å². The van der Waals surface area contributed by atoms with Crippen molar-refractivity contribution in [2.75, 3.05) is 0 Å². The number of nitrogens with two attached hydrogens (primary N) is 1. The molecule has 6 heteroatoms. The SMILES string of the molecule is Cc1cc(-c2cc(F)c(O)c(F)c2)cc(F)c1C(N)=O. The van der Waals surface area contributed by atoms with Gasteiger partial charge in [-0.25, -0.2) is 13.2 Å². The van der Waals surface area contributed by atoms with Gasteiger partial charge in [-0.1, -0.05) is 6.07 Å². The fourth-order valence-corrected chi connectivity index (χ4v) is 1.96. The van der Waals surface area contributed by atoms with Crippen LogP contribution < -0.4 is 5.73 Å². The molecule has 0 aromatic heterocycles. The minimum absolute atomic E-state index is 0.0378. The summed E-state index contributed by atoms with van der Waals surface area (Å²) in [5.41, 5.74) is 5.23. The minimum Gasteiger partial charge on any atom is -0.503 e. The summed E-state index contributed by atoms with van der Waals surface area (Å²) >= 11 is 0. The average molecular weight is 281 g/mol. The smallest absolute Gasteiger partial charge is 0.251 e. The number of carbonyl (C=O) groups is 1. The number of aryl methyl sites for hydroxylation is 1. The number of primary amides is 1. The summed E-state index contributed by atoms with van der Waals surface area (Å²) in [7, 11) is 0. The first-order chi connectivity index (χ1) is 9.31. The van der Waals surface area contributed by atoms with E-state index < -0.39 is 29.1 Å². The zero-order chi connectivity index (χ0) is 15.0. The van der Waals surface area contributed by atoms with E-state index in [0.29, 0.717) is 0 Å². The lowest BCUT2D eigenvalue weighted by molar-refractivity contribution is 0.0996. The van der Waals surface area contributed by atoms with Crippen LogP contribution in [0.1, 0.15) is 15.9 Å². The van der Waals surface area contributed by atoms with Crippen molar-refractivity contribution in [1.29, 1.82) is 0 Å². The zero-order valence-electron chi connectivity index (χ0n) is 10.4. The van der Waals surface area contributed by atoms with Gasteiger partial charge in [-0.3, -0.25) is 4.79 Å². The predicted octanol–water partition coefficient (Wildman–Crippen LogP) is 2.88. The van der Waals surface area contributed by atoms with Gasteiger partial charge in [0.2, 0.25) is 0 Å². The van der Waals surface area contributed by atoms with Gasteiger partial charge in [0.15, 0.2) is 17.4 Å². The first-order valence-corrected chi connectivity index (χ1v) is 5.59. The lowest BCUT2D eigenvalue weighted by Crippen LogP contribution is -2.15. The van der Waals surface area contributed by atoms with Crippen LogP contribution in [0, 0.1) is 24.4 Å². The Morgan fingerprint density at radius 2 is 1.45 bits per heavy atom. The molecule has 0 aliphatic carbocycles. The lowest BCUT2D eigenvalue weighted by Gasteiger charge is -2.09. The molecule has 0 saturated carbocycles. The van der Waals surface area contributed by atoms with Crippen LogP contribution in [0.2, 0.25) is 0 Å². The molecule has 2 aromatic carbocycles. The van der Waals surface area contributed by atoms with Crippen molar-refractivity contribution in [1.82, 2.24) is 0 Å². The predicted molar refractivity (Wildman–Crippen MR) is 66.7 cm³/mol. The molecule has 2 rings (SSSR count). The normalized spacial score (nSPS) is 10.6. The van der Waals surface area contributed by atoms with Crippen LogP contribution in [0.3, 0.4) is 0 Å². The maximum Gasteiger partial charge on any atom is 0.251 e. The molecule has 2 aromatic rings. The first kappa shape index (κ1) is 13.9. The largest absolute Gasteiger partial charge is 0.503 e. The van der Waals surface area contributed by atoms with Gasteiger partial charge in [-0.2, -0.15) is 0 Å². The third-order valence-electron chi connectivity index (χ3n) is 2.88. The van der Waals surface area contributed by atoms with Crippen molar-refractivity contribution >= 4 is 5.91 Å². The molecule has 0 aliphatic heterocycles. The summed E-state index contributed by atoms with van der Waals surface area (Å²) in [5.74, 6) is -5.20. The van der Waals surface area contributed by atoms with Crippen molar-refractivity contribution < 1.29 is 23.1 Å². The van der Waals surface area contributed by atoms with E-state index in [-0.39, 0.29) is 22.3 Å². The number of phenols is 1. The number of rotatable bonds is 2. The molecule has 0 aliphatic rings. The second-order valence-corrected chi connectivity index (χ2v) is 4.30. The molecule has 0 unspecified atom stereocenters. The Bertz CT molecular complexity index is 668. The van der Waals surface area contributed by atoms with Crippen LogP contribution in [-0.2, 0) is 0 Å². The topological polar surface area (TPSA) is 63.3 Å². The fraction of sp³-hybridized carbons (Fsp3) is 0.0714. The van der Waals surface area contributed by atoms with E-state index in [4.69, 9.17) is 10.8 Å². The Morgan fingerprint density at radius 3 is 1.90 bits per heavy atom. The molecule has 0 spiro atoms. The standard InChI is InChI=1S/C14H10F3NO2/c1-6-2-7(3-9(15)12(6)14(18)20)8-4-10(16)13(19)11(17)5-8/h2-5,19H,1H3,(H2,18,20). The maximum absolute atomic E-state index is 13.8. The summed E-state index contributed by atoms with van der Waals surface area (Å²) in [6, 6.07) is 4.08. The Morgan fingerprint density at radius 1 is 1.00 bits per heavy atom. The molecule has 0 fully saturated rings. The van der Waals surface area contributed by atoms with Crippen LogP contribution in [0.25, 0.3) is 11.1 Å². The Balaban J connectivity index is 2.63. The molecule has 0 heterocycles. The average Bonchev–Trinajstić information content (AvgIpc) is 2.33. The van der Waals surface area contributed by atoms with Crippen LogP contribution in [-0.4, -0.2) is 11.0 Å². The van der Waals surface area contributed by atoms with E-state index in [1.807, 2.05) is 0 Å². The highest BCUT2D eigenvalue weighted by Gasteiger charge is 2.16. The molecular weight excluding hydrogens is 271 g/mol. The monoisotopic (exact) mass is 281 g/mol. The molecule has 0 radical (unpaired) electrons.